The maximum absolute atomic E-state index is 12.7. The van der Waals surface area contributed by atoms with Crippen LogP contribution in [0.25, 0.3) is 0 Å². The van der Waals surface area contributed by atoms with Crippen molar-refractivity contribution in [2.75, 3.05) is 11.5 Å². The van der Waals surface area contributed by atoms with Crippen LogP contribution in [0.3, 0.4) is 0 Å². The van der Waals surface area contributed by atoms with Gasteiger partial charge in [0.2, 0.25) is 5.78 Å². The van der Waals surface area contributed by atoms with E-state index >= 15 is 0 Å². The lowest BCUT2D eigenvalue weighted by atomic mass is 10.0. The van der Waals surface area contributed by atoms with E-state index in [9.17, 15) is 22.4 Å². The van der Waals surface area contributed by atoms with Crippen molar-refractivity contribution >= 4 is 17.2 Å². The van der Waals surface area contributed by atoms with Crippen LogP contribution in [0.5, 0.6) is 0 Å². The molecular formula is C9H8F4N2O. The van der Waals surface area contributed by atoms with Crippen molar-refractivity contribution in [2.45, 2.75) is 12.3 Å². The molecule has 1 aromatic carbocycles. The Morgan fingerprint density at radius 1 is 1.25 bits per heavy atom. The maximum atomic E-state index is 12.7. The molecule has 4 N–H and O–H groups in total. The Kier molecular flexibility index (Phi) is 3.06. The van der Waals surface area contributed by atoms with E-state index < -0.39 is 29.4 Å². The minimum absolute atomic E-state index is 0.115. The van der Waals surface area contributed by atoms with E-state index in [1.165, 1.54) is 12.1 Å². The van der Waals surface area contributed by atoms with Crippen LogP contribution >= 0.6 is 0 Å². The Labute approximate surface area is 88.0 Å². The number of anilines is 2. The molecule has 1 aromatic rings. The van der Waals surface area contributed by atoms with Crippen LogP contribution in [0.15, 0.2) is 18.2 Å². The number of alkyl halides is 4. The zero-order chi connectivity index (χ0) is 12.5. The summed E-state index contributed by atoms with van der Waals surface area (Å²) in [4.78, 5) is 11.1. The van der Waals surface area contributed by atoms with E-state index in [1.807, 2.05) is 0 Å². The number of ketones is 1. The van der Waals surface area contributed by atoms with Gasteiger partial charge in [-0.2, -0.15) is 8.78 Å². The maximum Gasteiger partial charge on any atom is 0.368 e. The summed E-state index contributed by atoms with van der Waals surface area (Å²) in [6.07, 6.45) is -4.08. The minimum Gasteiger partial charge on any atom is -0.397 e. The number of halogens is 4. The summed E-state index contributed by atoms with van der Waals surface area (Å²) in [7, 11) is 0. The Morgan fingerprint density at radius 3 is 2.31 bits per heavy atom. The van der Waals surface area contributed by atoms with Crippen LogP contribution in [0, 0.1) is 0 Å². The van der Waals surface area contributed by atoms with Gasteiger partial charge < -0.3 is 11.5 Å². The Balaban J connectivity index is 3.21. The highest BCUT2D eigenvalue weighted by Gasteiger charge is 2.49. The monoisotopic (exact) mass is 236 g/mol. The molecule has 0 aliphatic rings. The van der Waals surface area contributed by atoms with Crippen molar-refractivity contribution in [3.05, 3.63) is 23.8 Å². The van der Waals surface area contributed by atoms with Crippen molar-refractivity contribution in [1.82, 2.24) is 0 Å². The number of hydrogen-bond acceptors (Lipinski definition) is 3. The summed E-state index contributed by atoms with van der Waals surface area (Å²) in [6.45, 7) is 0. The van der Waals surface area contributed by atoms with Crippen LogP contribution in [0.4, 0.5) is 28.9 Å². The first-order chi connectivity index (χ1) is 7.28. The predicted octanol–water partition coefficient (Wildman–Crippen LogP) is 1.93. The van der Waals surface area contributed by atoms with Crippen LogP contribution in [-0.4, -0.2) is 18.1 Å². The third kappa shape index (κ3) is 1.93. The summed E-state index contributed by atoms with van der Waals surface area (Å²) >= 11 is 0. The molecule has 0 aromatic heterocycles. The average Bonchev–Trinajstić information content (AvgIpc) is 2.21. The van der Waals surface area contributed by atoms with Crippen LogP contribution in [0.1, 0.15) is 10.4 Å². The van der Waals surface area contributed by atoms with Gasteiger partial charge in [-0.25, -0.2) is 8.78 Å². The first kappa shape index (κ1) is 12.3. The molecule has 0 spiro atoms. The molecule has 0 radical (unpaired) electrons. The van der Waals surface area contributed by atoms with Crippen LogP contribution in [0.2, 0.25) is 0 Å². The standard InChI is InChI=1S/C9H8F4N2O/c10-8(11)9(12,13)7(16)4-2-1-3-5(14)6(4)15/h1-3,8H,14-15H2. The molecule has 0 bridgehead atoms. The zero-order valence-corrected chi connectivity index (χ0v) is 7.88. The molecule has 0 aliphatic carbocycles. The second kappa shape index (κ2) is 3.99. The smallest absolute Gasteiger partial charge is 0.368 e. The number of carbonyl (C=O) groups excluding carboxylic acids is 1. The second-order valence-electron chi connectivity index (χ2n) is 3.06. The molecular weight excluding hydrogens is 228 g/mol. The fraction of sp³-hybridized carbons (Fsp3) is 0.222. The number of carbonyl (C=O) groups is 1. The van der Waals surface area contributed by atoms with Gasteiger partial charge in [0.1, 0.15) is 0 Å². The summed E-state index contributed by atoms with van der Waals surface area (Å²) in [5.74, 6) is -6.80. The zero-order valence-electron chi connectivity index (χ0n) is 7.88. The lowest BCUT2D eigenvalue weighted by Gasteiger charge is -2.15. The molecule has 1 rings (SSSR count). The van der Waals surface area contributed by atoms with Crippen molar-refractivity contribution in [1.29, 1.82) is 0 Å². The second-order valence-corrected chi connectivity index (χ2v) is 3.06. The summed E-state index contributed by atoms with van der Waals surface area (Å²) in [5, 5.41) is 0. The van der Waals surface area contributed by atoms with Crippen molar-refractivity contribution in [3.63, 3.8) is 0 Å². The Morgan fingerprint density at radius 2 is 1.81 bits per heavy atom. The van der Waals surface area contributed by atoms with E-state index in [-0.39, 0.29) is 5.69 Å². The third-order valence-corrected chi connectivity index (χ3v) is 1.96. The lowest BCUT2D eigenvalue weighted by Crippen LogP contribution is -2.37. The van der Waals surface area contributed by atoms with Gasteiger partial charge in [0.25, 0.3) is 0 Å². The van der Waals surface area contributed by atoms with E-state index in [2.05, 4.69) is 0 Å². The largest absolute Gasteiger partial charge is 0.397 e. The molecule has 0 amide bonds. The average molecular weight is 236 g/mol. The molecule has 0 fully saturated rings. The van der Waals surface area contributed by atoms with E-state index in [1.54, 1.807) is 0 Å². The van der Waals surface area contributed by atoms with Crippen LogP contribution in [-0.2, 0) is 0 Å². The summed E-state index contributed by atoms with van der Waals surface area (Å²) in [6, 6.07) is 3.37. The van der Waals surface area contributed by atoms with E-state index in [0.29, 0.717) is 0 Å². The number of hydrogen-bond donors (Lipinski definition) is 2. The van der Waals surface area contributed by atoms with Gasteiger partial charge in [0.05, 0.1) is 11.4 Å². The molecule has 0 saturated heterocycles. The minimum atomic E-state index is -4.76. The molecule has 0 unspecified atom stereocenters. The van der Waals surface area contributed by atoms with Gasteiger partial charge in [0, 0.05) is 5.56 Å². The highest BCUT2D eigenvalue weighted by molar-refractivity contribution is 6.07. The fourth-order valence-corrected chi connectivity index (χ4v) is 1.06. The van der Waals surface area contributed by atoms with E-state index in [4.69, 9.17) is 11.5 Å². The number of benzene rings is 1. The summed E-state index contributed by atoms with van der Waals surface area (Å²) in [5.41, 5.74) is 9.28. The number of nitrogens with two attached hydrogens (primary N) is 2. The number of para-hydroxylation sites is 1. The molecule has 0 heterocycles. The molecule has 0 atom stereocenters. The van der Waals surface area contributed by atoms with Gasteiger partial charge >= 0.3 is 12.3 Å². The summed E-state index contributed by atoms with van der Waals surface area (Å²) < 4.78 is 49.4. The van der Waals surface area contributed by atoms with Crippen LogP contribution < -0.4 is 11.5 Å². The van der Waals surface area contributed by atoms with Gasteiger partial charge in [0.15, 0.2) is 0 Å². The fourth-order valence-electron chi connectivity index (χ4n) is 1.06. The number of rotatable bonds is 3. The van der Waals surface area contributed by atoms with Gasteiger partial charge in [-0.1, -0.05) is 6.07 Å². The normalized spacial score (nSPS) is 11.8. The lowest BCUT2D eigenvalue weighted by molar-refractivity contribution is -0.0957. The molecule has 0 aliphatic heterocycles. The molecule has 7 heteroatoms. The molecule has 3 nitrogen and oxygen atoms in total. The van der Waals surface area contributed by atoms with Gasteiger partial charge in [-0.3, -0.25) is 4.79 Å². The van der Waals surface area contributed by atoms with E-state index in [0.717, 1.165) is 6.07 Å². The molecule has 0 saturated carbocycles. The Bertz CT molecular complexity index is 420. The van der Waals surface area contributed by atoms with Crippen molar-refractivity contribution in [2.24, 2.45) is 0 Å². The Hall–Kier alpha value is -1.79. The topological polar surface area (TPSA) is 69.1 Å². The quantitative estimate of drug-likeness (QED) is 0.478. The predicted molar refractivity (Wildman–Crippen MR) is 50.5 cm³/mol. The number of Topliss-reactive ketones (excluding diaryl/α,β-unsaturated/α-hetero) is 1. The van der Waals surface area contributed by atoms with Gasteiger partial charge in [-0.05, 0) is 12.1 Å². The van der Waals surface area contributed by atoms with Crippen molar-refractivity contribution < 1.29 is 22.4 Å². The first-order valence-corrected chi connectivity index (χ1v) is 4.13. The first-order valence-electron chi connectivity index (χ1n) is 4.13. The highest BCUT2D eigenvalue weighted by atomic mass is 19.3. The highest BCUT2D eigenvalue weighted by Crippen LogP contribution is 2.31. The third-order valence-electron chi connectivity index (χ3n) is 1.96. The SMILES string of the molecule is Nc1cccc(C(=O)C(F)(F)C(F)F)c1N. The molecule has 88 valence electrons. The van der Waals surface area contributed by atoms with Gasteiger partial charge in [-0.15, -0.1) is 0 Å². The number of nitrogen functional groups attached to an aromatic ring is 2. The van der Waals surface area contributed by atoms with Crippen molar-refractivity contribution in [3.8, 4) is 0 Å². The molecule has 16 heavy (non-hydrogen) atoms.